The van der Waals surface area contributed by atoms with Crippen LogP contribution in [0.1, 0.15) is 43.7 Å². The van der Waals surface area contributed by atoms with Gasteiger partial charge in [-0.25, -0.2) is 8.42 Å². The third kappa shape index (κ3) is 7.43. The van der Waals surface area contributed by atoms with Gasteiger partial charge in [0, 0.05) is 12.6 Å². The molecule has 3 aromatic carbocycles. The number of nitrogens with zero attached hydrogens (tertiary/aromatic N) is 2. The van der Waals surface area contributed by atoms with E-state index < -0.39 is 51.9 Å². The van der Waals surface area contributed by atoms with Crippen molar-refractivity contribution in [1.29, 1.82) is 0 Å². The molecule has 0 bridgehead atoms. The first-order valence-electron chi connectivity index (χ1n) is 13.5. The van der Waals surface area contributed by atoms with Gasteiger partial charge in [-0.05, 0) is 55.7 Å². The van der Waals surface area contributed by atoms with Crippen molar-refractivity contribution in [3.05, 3.63) is 95.0 Å². The molecule has 4 rings (SSSR count). The van der Waals surface area contributed by atoms with E-state index in [1.807, 2.05) is 0 Å². The van der Waals surface area contributed by atoms with Gasteiger partial charge in [0.05, 0.1) is 21.2 Å². The number of anilines is 1. The molecule has 1 fully saturated rings. The van der Waals surface area contributed by atoms with Crippen LogP contribution in [-0.2, 0) is 32.3 Å². The molecule has 1 saturated carbocycles. The van der Waals surface area contributed by atoms with Crippen molar-refractivity contribution < 1.29 is 31.2 Å². The number of alkyl halides is 3. The molecule has 1 N–H and O–H groups in total. The second-order valence-electron chi connectivity index (χ2n) is 10.2. The topological polar surface area (TPSA) is 86.8 Å². The Balaban J connectivity index is 1.74. The largest absolute Gasteiger partial charge is 0.416 e. The van der Waals surface area contributed by atoms with E-state index in [-0.39, 0.29) is 22.5 Å². The molecule has 3 aromatic rings. The number of sulfonamides is 1. The Morgan fingerprint density at radius 3 is 2.17 bits per heavy atom. The summed E-state index contributed by atoms with van der Waals surface area (Å²) in [5, 5.41) is 2.67. The lowest BCUT2D eigenvalue weighted by molar-refractivity contribution is -0.139. The molecule has 1 atom stereocenters. The molecular weight excluding hydrogens is 591 g/mol. The summed E-state index contributed by atoms with van der Waals surface area (Å²) in [6.45, 7) is 0.610. The molecule has 0 aromatic heterocycles. The Labute approximate surface area is 248 Å². The van der Waals surface area contributed by atoms with E-state index in [1.54, 1.807) is 43.3 Å². The predicted octanol–water partition coefficient (Wildman–Crippen LogP) is 6.03. The first-order chi connectivity index (χ1) is 19.9. The van der Waals surface area contributed by atoms with Gasteiger partial charge in [-0.1, -0.05) is 73.0 Å². The molecule has 224 valence electrons. The quantitative estimate of drug-likeness (QED) is 0.300. The van der Waals surface area contributed by atoms with E-state index in [4.69, 9.17) is 11.6 Å². The molecule has 1 unspecified atom stereocenters. The Bertz CT molecular complexity index is 1500. The Hall–Kier alpha value is -3.57. The van der Waals surface area contributed by atoms with Crippen LogP contribution >= 0.6 is 11.6 Å². The van der Waals surface area contributed by atoms with Crippen LogP contribution < -0.4 is 9.62 Å². The molecule has 2 amide bonds. The van der Waals surface area contributed by atoms with E-state index in [2.05, 4.69) is 5.32 Å². The number of nitrogens with one attached hydrogen (secondary N) is 1. The molecule has 1 aliphatic carbocycles. The van der Waals surface area contributed by atoms with Crippen molar-refractivity contribution >= 4 is 39.1 Å². The summed E-state index contributed by atoms with van der Waals surface area (Å²) in [4.78, 5) is 28.2. The van der Waals surface area contributed by atoms with Gasteiger partial charge in [0.1, 0.15) is 12.6 Å². The second kappa shape index (κ2) is 13.2. The van der Waals surface area contributed by atoms with Crippen molar-refractivity contribution in [2.45, 2.75) is 62.3 Å². The zero-order valence-corrected chi connectivity index (χ0v) is 24.4. The molecule has 42 heavy (non-hydrogen) atoms. The molecule has 0 aliphatic heterocycles. The highest BCUT2D eigenvalue weighted by Gasteiger charge is 2.36. The highest BCUT2D eigenvalue weighted by Crippen LogP contribution is 2.37. The molecule has 1 aliphatic rings. The Kier molecular flexibility index (Phi) is 9.83. The number of amides is 2. The maximum absolute atomic E-state index is 14.0. The van der Waals surface area contributed by atoms with Crippen LogP contribution in [0, 0.1) is 0 Å². The fraction of sp³-hybridized carbons (Fsp3) is 0.333. The average molecular weight is 622 g/mol. The zero-order valence-electron chi connectivity index (χ0n) is 22.9. The molecule has 0 radical (unpaired) electrons. The van der Waals surface area contributed by atoms with Gasteiger partial charge in [-0.15, -0.1) is 0 Å². The van der Waals surface area contributed by atoms with E-state index in [9.17, 15) is 31.2 Å². The van der Waals surface area contributed by atoms with Gasteiger partial charge < -0.3 is 10.2 Å². The number of hydrogen-bond acceptors (Lipinski definition) is 4. The van der Waals surface area contributed by atoms with E-state index in [0.29, 0.717) is 15.9 Å². The van der Waals surface area contributed by atoms with Gasteiger partial charge >= 0.3 is 6.18 Å². The summed E-state index contributed by atoms with van der Waals surface area (Å²) in [5.41, 5.74) is -0.958. The van der Waals surface area contributed by atoms with Crippen LogP contribution in [0.4, 0.5) is 18.9 Å². The van der Waals surface area contributed by atoms with Crippen LogP contribution in [0.5, 0.6) is 0 Å². The number of carbonyl (C=O) groups is 2. The van der Waals surface area contributed by atoms with Crippen molar-refractivity contribution in [2.24, 2.45) is 0 Å². The van der Waals surface area contributed by atoms with Gasteiger partial charge in [0.2, 0.25) is 11.8 Å². The Morgan fingerprint density at radius 2 is 1.57 bits per heavy atom. The standard InChI is InChI=1S/C30H31ClF3N3O4S/c1-21(29(39)35-24-12-8-9-13-24)36(19-22-10-4-2-5-11-22)28(38)20-37(42(40,41)25-14-6-3-7-15-25)27-18-23(30(32,33)34)16-17-26(27)31/h2-7,10-11,14-18,21,24H,8-9,12-13,19-20H2,1H3,(H,35,39). The predicted molar refractivity (Wildman–Crippen MR) is 154 cm³/mol. The fourth-order valence-corrected chi connectivity index (χ4v) is 6.58. The van der Waals surface area contributed by atoms with Crippen LogP contribution in [0.15, 0.2) is 83.8 Å². The smallest absolute Gasteiger partial charge is 0.352 e. The first-order valence-corrected chi connectivity index (χ1v) is 15.3. The van der Waals surface area contributed by atoms with Crippen LogP contribution in [-0.4, -0.2) is 43.8 Å². The highest BCUT2D eigenvalue weighted by molar-refractivity contribution is 7.92. The van der Waals surface area contributed by atoms with Crippen LogP contribution in [0.2, 0.25) is 5.02 Å². The monoisotopic (exact) mass is 621 g/mol. The SMILES string of the molecule is CC(C(=O)NC1CCCC1)N(Cc1ccccc1)C(=O)CN(c1cc(C(F)(F)F)ccc1Cl)S(=O)(=O)c1ccccc1. The number of benzene rings is 3. The van der Waals surface area contributed by atoms with E-state index >= 15 is 0 Å². The lowest BCUT2D eigenvalue weighted by Gasteiger charge is -2.33. The van der Waals surface area contributed by atoms with Crippen molar-refractivity contribution in [3.63, 3.8) is 0 Å². The van der Waals surface area contributed by atoms with Gasteiger partial charge in [0.25, 0.3) is 10.0 Å². The minimum atomic E-state index is -4.79. The van der Waals surface area contributed by atoms with Crippen molar-refractivity contribution in [2.75, 3.05) is 10.8 Å². The minimum Gasteiger partial charge on any atom is -0.352 e. The zero-order chi connectivity index (χ0) is 30.5. The summed E-state index contributed by atoms with van der Waals surface area (Å²) in [5.74, 6) is -1.19. The second-order valence-corrected chi connectivity index (χ2v) is 12.4. The molecule has 7 nitrogen and oxygen atoms in total. The maximum Gasteiger partial charge on any atom is 0.416 e. The molecule has 0 saturated heterocycles. The first kappa shape index (κ1) is 31.4. The number of hydrogen-bond donors (Lipinski definition) is 1. The molecule has 0 spiro atoms. The number of rotatable bonds is 10. The van der Waals surface area contributed by atoms with Crippen molar-refractivity contribution in [1.82, 2.24) is 10.2 Å². The summed E-state index contributed by atoms with van der Waals surface area (Å²) in [7, 11) is -4.57. The average Bonchev–Trinajstić information content (AvgIpc) is 3.48. The highest BCUT2D eigenvalue weighted by atomic mass is 35.5. The normalized spacial score (nSPS) is 14.8. The lowest BCUT2D eigenvalue weighted by Crippen LogP contribution is -2.52. The third-order valence-electron chi connectivity index (χ3n) is 7.22. The van der Waals surface area contributed by atoms with E-state index in [0.717, 1.165) is 37.8 Å². The molecule has 0 heterocycles. The summed E-state index contributed by atoms with van der Waals surface area (Å²) >= 11 is 6.27. The molecule has 12 heteroatoms. The number of halogens is 4. The minimum absolute atomic E-state index is 0.0208. The summed E-state index contributed by atoms with van der Waals surface area (Å²) in [6, 6.07) is 17.1. The third-order valence-corrected chi connectivity index (χ3v) is 9.31. The molecular formula is C30H31ClF3N3O4S. The fourth-order valence-electron chi connectivity index (χ4n) is 4.87. The Morgan fingerprint density at radius 1 is 0.976 bits per heavy atom. The lowest BCUT2D eigenvalue weighted by atomic mass is 10.1. The van der Waals surface area contributed by atoms with Crippen LogP contribution in [0.25, 0.3) is 0 Å². The maximum atomic E-state index is 14.0. The van der Waals surface area contributed by atoms with Gasteiger partial charge in [-0.3, -0.25) is 13.9 Å². The number of carbonyl (C=O) groups excluding carboxylic acids is 2. The summed E-state index contributed by atoms with van der Waals surface area (Å²) in [6.07, 6.45) is -1.19. The van der Waals surface area contributed by atoms with Crippen LogP contribution in [0.3, 0.4) is 0 Å². The van der Waals surface area contributed by atoms with E-state index in [1.165, 1.54) is 29.2 Å². The van der Waals surface area contributed by atoms with Gasteiger partial charge in [-0.2, -0.15) is 13.2 Å². The van der Waals surface area contributed by atoms with Gasteiger partial charge in [0.15, 0.2) is 0 Å². The van der Waals surface area contributed by atoms with Crippen molar-refractivity contribution in [3.8, 4) is 0 Å². The summed E-state index contributed by atoms with van der Waals surface area (Å²) < 4.78 is 69.2.